The zero-order chi connectivity index (χ0) is 15.6. The second-order valence-corrected chi connectivity index (χ2v) is 6.82. The van der Waals surface area contributed by atoms with Gasteiger partial charge in [0, 0.05) is 24.2 Å². The zero-order valence-electron chi connectivity index (χ0n) is 11.2. The highest BCUT2D eigenvalue weighted by molar-refractivity contribution is 7.89. The summed E-state index contributed by atoms with van der Waals surface area (Å²) in [5.41, 5.74) is 4.99. The van der Waals surface area contributed by atoms with Crippen LogP contribution in [0.15, 0.2) is 23.1 Å². The molecule has 21 heavy (non-hydrogen) atoms. The quantitative estimate of drug-likeness (QED) is 0.641. The van der Waals surface area contributed by atoms with Crippen LogP contribution in [0.5, 0.6) is 0 Å². The molecule has 0 atom stereocenters. The molecule has 7 nitrogen and oxygen atoms in total. The molecular weight excluding hydrogens is 301 g/mol. The number of nitrogens with zero attached hydrogens (tertiary/aromatic N) is 1. The molecule has 0 aliphatic heterocycles. The van der Waals surface area contributed by atoms with E-state index in [4.69, 9.17) is 5.73 Å². The molecule has 0 unspecified atom stereocenters. The lowest BCUT2D eigenvalue weighted by Gasteiger charge is -2.26. The Bertz CT molecular complexity index is 642. The first-order valence-electron chi connectivity index (χ1n) is 6.51. The van der Waals surface area contributed by atoms with Crippen LogP contribution in [0.25, 0.3) is 0 Å². The monoisotopic (exact) mass is 317 g/mol. The maximum Gasteiger partial charge on any atom is 0.304 e. The van der Waals surface area contributed by atoms with Crippen molar-refractivity contribution >= 4 is 15.7 Å². The van der Waals surface area contributed by atoms with Crippen molar-refractivity contribution in [2.45, 2.75) is 42.7 Å². The molecule has 1 aliphatic carbocycles. The van der Waals surface area contributed by atoms with Crippen LogP contribution >= 0.6 is 0 Å². The number of hydrogen-bond acceptors (Lipinski definition) is 5. The van der Waals surface area contributed by atoms with Gasteiger partial charge in [0.05, 0.1) is 9.82 Å². The SMILES string of the molecule is NC1CCC(NS(=O)(=O)c2ccc([N+](=O)[O-])c(F)c2)CC1. The van der Waals surface area contributed by atoms with Crippen molar-refractivity contribution < 1.29 is 17.7 Å². The van der Waals surface area contributed by atoms with Gasteiger partial charge in [0.25, 0.3) is 0 Å². The maximum atomic E-state index is 13.5. The Morgan fingerprint density at radius 1 is 1.29 bits per heavy atom. The van der Waals surface area contributed by atoms with Crippen LogP contribution in [0, 0.1) is 15.9 Å². The summed E-state index contributed by atoms with van der Waals surface area (Å²) >= 11 is 0. The Kier molecular flexibility index (Phi) is 4.55. The first-order valence-corrected chi connectivity index (χ1v) is 8.00. The summed E-state index contributed by atoms with van der Waals surface area (Å²) in [4.78, 5) is 9.30. The number of sulfonamides is 1. The average Bonchev–Trinajstić information content (AvgIpc) is 2.40. The van der Waals surface area contributed by atoms with E-state index in [0.29, 0.717) is 18.9 Å². The summed E-state index contributed by atoms with van der Waals surface area (Å²) in [6, 6.07) is 2.38. The topological polar surface area (TPSA) is 115 Å². The molecule has 1 aliphatic rings. The number of nitro benzene ring substituents is 1. The Morgan fingerprint density at radius 2 is 1.90 bits per heavy atom. The van der Waals surface area contributed by atoms with E-state index in [1.807, 2.05) is 0 Å². The predicted octanol–water partition coefficient (Wildman–Crippen LogP) is 1.28. The third-order valence-electron chi connectivity index (χ3n) is 3.52. The molecule has 9 heteroatoms. The van der Waals surface area contributed by atoms with Gasteiger partial charge >= 0.3 is 5.69 Å². The summed E-state index contributed by atoms with van der Waals surface area (Å²) in [5, 5.41) is 10.5. The lowest BCUT2D eigenvalue weighted by atomic mass is 9.93. The van der Waals surface area contributed by atoms with Crippen molar-refractivity contribution in [1.29, 1.82) is 0 Å². The lowest BCUT2D eigenvalue weighted by molar-refractivity contribution is -0.387. The first-order chi connectivity index (χ1) is 9.79. The number of hydrogen-bond donors (Lipinski definition) is 2. The Labute approximate surface area is 121 Å². The summed E-state index contributed by atoms with van der Waals surface area (Å²) in [6.45, 7) is 0. The molecule has 0 bridgehead atoms. The molecule has 0 spiro atoms. The van der Waals surface area contributed by atoms with Gasteiger partial charge in [-0.1, -0.05) is 0 Å². The molecule has 2 rings (SSSR count). The third kappa shape index (κ3) is 3.74. The Balaban J connectivity index is 2.16. The van der Waals surface area contributed by atoms with Crippen LogP contribution in [0.4, 0.5) is 10.1 Å². The Morgan fingerprint density at radius 3 is 2.43 bits per heavy atom. The standard InChI is InChI=1S/C12H16FN3O4S/c13-11-7-10(5-6-12(11)16(17)18)21(19,20)15-9-3-1-8(14)2-4-9/h5-9,15H,1-4,14H2. The number of halogens is 1. The number of nitrogens with two attached hydrogens (primary N) is 1. The molecule has 1 saturated carbocycles. The smallest absolute Gasteiger partial charge is 0.304 e. The van der Waals surface area contributed by atoms with Crippen molar-refractivity contribution in [2.24, 2.45) is 5.73 Å². The van der Waals surface area contributed by atoms with E-state index in [1.165, 1.54) is 0 Å². The molecule has 3 N–H and O–H groups in total. The minimum absolute atomic E-state index is 0.0857. The molecule has 0 saturated heterocycles. The average molecular weight is 317 g/mol. The van der Waals surface area contributed by atoms with Crippen LogP contribution < -0.4 is 10.5 Å². The molecule has 1 aromatic rings. The van der Waals surface area contributed by atoms with E-state index in [1.54, 1.807) is 0 Å². The molecule has 1 fully saturated rings. The molecule has 0 heterocycles. The van der Waals surface area contributed by atoms with Gasteiger partial charge in [0.15, 0.2) is 0 Å². The minimum Gasteiger partial charge on any atom is -0.328 e. The van der Waals surface area contributed by atoms with Gasteiger partial charge in [-0.3, -0.25) is 10.1 Å². The molecule has 0 aromatic heterocycles. The molecule has 0 amide bonds. The van der Waals surface area contributed by atoms with Crippen molar-refractivity contribution in [1.82, 2.24) is 4.72 Å². The fourth-order valence-corrected chi connectivity index (χ4v) is 3.64. The van der Waals surface area contributed by atoms with Gasteiger partial charge in [-0.25, -0.2) is 13.1 Å². The lowest BCUT2D eigenvalue weighted by Crippen LogP contribution is -2.40. The summed E-state index contributed by atoms with van der Waals surface area (Å²) in [5.74, 6) is -1.17. The van der Waals surface area contributed by atoms with E-state index in [9.17, 15) is 22.9 Å². The van der Waals surface area contributed by atoms with E-state index in [2.05, 4.69) is 4.72 Å². The second-order valence-electron chi connectivity index (χ2n) is 5.10. The highest BCUT2D eigenvalue weighted by Gasteiger charge is 2.26. The van der Waals surface area contributed by atoms with Gasteiger partial charge in [-0.05, 0) is 31.7 Å². The largest absolute Gasteiger partial charge is 0.328 e. The van der Waals surface area contributed by atoms with Crippen LogP contribution in [0.1, 0.15) is 25.7 Å². The fraction of sp³-hybridized carbons (Fsp3) is 0.500. The van der Waals surface area contributed by atoms with Crippen molar-refractivity contribution in [3.05, 3.63) is 34.1 Å². The first kappa shape index (κ1) is 15.8. The van der Waals surface area contributed by atoms with Crippen LogP contribution in [-0.4, -0.2) is 25.4 Å². The van der Waals surface area contributed by atoms with Gasteiger partial charge in [0.2, 0.25) is 15.8 Å². The van der Waals surface area contributed by atoms with Gasteiger partial charge in [-0.15, -0.1) is 0 Å². The summed E-state index contributed by atoms with van der Waals surface area (Å²) in [6.07, 6.45) is 2.69. The zero-order valence-corrected chi connectivity index (χ0v) is 12.0. The normalized spacial score (nSPS) is 23.0. The van der Waals surface area contributed by atoms with Gasteiger partial charge < -0.3 is 5.73 Å². The highest BCUT2D eigenvalue weighted by atomic mass is 32.2. The number of nitrogens with one attached hydrogen (secondary N) is 1. The number of nitro groups is 1. The number of rotatable bonds is 4. The second kappa shape index (κ2) is 6.04. The van der Waals surface area contributed by atoms with Crippen molar-refractivity contribution in [2.75, 3.05) is 0 Å². The molecule has 116 valence electrons. The van der Waals surface area contributed by atoms with Crippen LogP contribution in [-0.2, 0) is 10.0 Å². The Hall–Kier alpha value is -1.58. The molecular formula is C12H16FN3O4S. The van der Waals surface area contributed by atoms with Crippen molar-refractivity contribution in [3.63, 3.8) is 0 Å². The predicted molar refractivity (Wildman–Crippen MR) is 73.6 cm³/mol. The summed E-state index contributed by atoms with van der Waals surface area (Å²) in [7, 11) is -3.90. The fourth-order valence-electron chi connectivity index (χ4n) is 2.33. The van der Waals surface area contributed by atoms with Crippen molar-refractivity contribution in [3.8, 4) is 0 Å². The van der Waals surface area contributed by atoms with Gasteiger partial charge in [0.1, 0.15) is 0 Å². The minimum atomic E-state index is -3.90. The highest BCUT2D eigenvalue weighted by Crippen LogP contribution is 2.23. The van der Waals surface area contributed by atoms with Gasteiger partial charge in [-0.2, -0.15) is 4.39 Å². The summed E-state index contributed by atoms with van der Waals surface area (Å²) < 4.78 is 40.3. The molecule has 0 radical (unpaired) electrons. The van der Waals surface area contributed by atoms with E-state index >= 15 is 0 Å². The van der Waals surface area contributed by atoms with Crippen LogP contribution in [0.3, 0.4) is 0 Å². The van der Waals surface area contributed by atoms with E-state index in [-0.39, 0.29) is 17.0 Å². The number of benzene rings is 1. The van der Waals surface area contributed by atoms with E-state index in [0.717, 1.165) is 25.0 Å². The van der Waals surface area contributed by atoms with E-state index < -0.39 is 26.5 Å². The third-order valence-corrected chi connectivity index (χ3v) is 5.04. The maximum absolute atomic E-state index is 13.5. The molecule has 1 aromatic carbocycles. The van der Waals surface area contributed by atoms with Crippen LogP contribution in [0.2, 0.25) is 0 Å².